The van der Waals surface area contributed by atoms with Crippen LogP contribution < -0.4 is 14.8 Å². The molecule has 1 amide bonds. The Labute approximate surface area is 146 Å². The number of imidazole rings is 1. The van der Waals surface area contributed by atoms with Gasteiger partial charge in [0.15, 0.2) is 0 Å². The predicted molar refractivity (Wildman–Crippen MR) is 96.7 cm³/mol. The van der Waals surface area contributed by atoms with Crippen LogP contribution in [0.4, 0.5) is 5.69 Å². The third-order valence-corrected chi connectivity index (χ3v) is 3.73. The number of nitrogens with one attached hydrogen (secondary N) is 1. The molecule has 0 aliphatic carbocycles. The Morgan fingerprint density at radius 2 is 1.96 bits per heavy atom. The maximum Gasteiger partial charge on any atom is 0.274 e. The second kappa shape index (κ2) is 7.25. The number of amides is 1. The Hall–Kier alpha value is -3.02. The molecule has 3 rings (SSSR count). The maximum atomic E-state index is 12.9. The lowest BCUT2D eigenvalue weighted by molar-refractivity contribution is 0.102. The molecular weight excluding hydrogens is 318 g/mol. The van der Waals surface area contributed by atoms with E-state index >= 15 is 0 Å². The van der Waals surface area contributed by atoms with Gasteiger partial charge in [-0.3, -0.25) is 9.20 Å². The minimum Gasteiger partial charge on any atom is -0.494 e. The van der Waals surface area contributed by atoms with Crippen molar-refractivity contribution in [2.45, 2.75) is 20.8 Å². The van der Waals surface area contributed by atoms with Crippen molar-refractivity contribution in [1.82, 2.24) is 9.38 Å². The van der Waals surface area contributed by atoms with Crippen molar-refractivity contribution >= 4 is 17.2 Å². The van der Waals surface area contributed by atoms with Gasteiger partial charge in [-0.15, -0.1) is 0 Å². The van der Waals surface area contributed by atoms with E-state index in [0.717, 1.165) is 5.65 Å². The van der Waals surface area contributed by atoms with Crippen LogP contribution in [0.15, 0.2) is 42.6 Å². The molecule has 1 N–H and O–H groups in total. The Morgan fingerprint density at radius 1 is 1.16 bits per heavy atom. The molecule has 0 unspecified atom stereocenters. The van der Waals surface area contributed by atoms with Crippen molar-refractivity contribution in [3.8, 4) is 11.5 Å². The van der Waals surface area contributed by atoms with E-state index in [1.165, 1.54) is 0 Å². The number of hydrogen-bond donors (Lipinski definition) is 1. The zero-order chi connectivity index (χ0) is 17.8. The van der Waals surface area contributed by atoms with Crippen molar-refractivity contribution in [2.75, 3.05) is 18.5 Å². The van der Waals surface area contributed by atoms with E-state index in [4.69, 9.17) is 9.47 Å². The lowest BCUT2D eigenvalue weighted by Gasteiger charge is -2.13. The van der Waals surface area contributed by atoms with Crippen LogP contribution in [0.3, 0.4) is 0 Å². The van der Waals surface area contributed by atoms with Crippen LogP contribution in [0, 0.1) is 6.92 Å². The first-order valence-electron chi connectivity index (χ1n) is 8.28. The summed E-state index contributed by atoms with van der Waals surface area (Å²) in [5.74, 6) is 1.03. The lowest BCUT2D eigenvalue weighted by Crippen LogP contribution is -2.16. The van der Waals surface area contributed by atoms with Crippen LogP contribution >= 0.6 is 0 Å². The molecule has 3 aromatic rings. The van der Waals surface area contributed by atoms with Gasteiger partial charge in [0.2, 0.25) is 0 Å². The summed E-state index contributed by atoms with van der Waals surface area (Å²) in [5, 5.41) is 2.92. The molecule has 0 fully saturated rings. The monoisotopic (exact) mass is 339 g/mol. The lowest BCUT2D eigenvalue weighted by atomic mass is 10.2. The van der Waals surface area contributed by atoms with Crippen molar-refractivity contribution < 1.29 is 14.3 Å². The van der Waals surface area contributed by atoms with Crippen LogP contribution in [0.5, 0.6) is 11.5 Å². The number of aromatic nitrogens is 2. The molecule has 0 spiro atoms. The minimum absolute atomic E-state index is 0.245. The molecule has 0 atom stereocenters. The fourth-order valence-corrected chi connectivity index (χ4v) is 2.71. The zero-order valence-electron chi connectivity index (χ0n) is 14.6. The number of rotatable bonds is 6. The Bertz CT molecular complexity index is 902. The van der Waals surface area contributed by atoms with Gasteiger partial charge in [0.25, 0.3) is 5.91 Å². The number of fused-ring (bicyclic) bond motifs is 1. The highest BCUT2D eigenvalue weighted by atomic mass is 16.5. The first kappa shape index (κ1) is 16.8. The molecule has 0 bridgehead atoms. The molecule has 0 radical (unpaired) electrons. The molecule has 2 aromatic heterocycles. The summed E-state index contributed by atoms with van der Waals surface area (Å²) in [5.41, 5.74) is 2.48. The SMILES string of the molecule is CCOc1ccc(OCC)c(NC(=O)c2c(C)nc3ccccn23)c1. The number of aryl methyl sites for hydroxylation is 1. The van der Waals surface area contributed by atoms with Crippen molar-refractivity contribution in [1.29, 1.82) is 0 Å². The van der Waals surface area contributed by atoms with E-state index in [2.05, 4.69) is 10.3 Å². The van der Waals surface area contributed by atoms with E-state index in [1.54, 1.807) is 16.5 Å². The molecule has 0 saturated heterocycles. The summed E-state index contributed by atoms with van der Waals surface area (Å²) in [6.45, 7) is 6.69. The molecular formula is C19H21N3O3. The standard InChI is InChI=1S/C19H21N3O3/c1-4-24-14-9-10-16(25-5-2)15(12-14)21-19(23)18-13(3)20-17-8-6-7-11-22(17)18/h6-12H,4-5H2,1-3H3,(H,21,23). The van der Waals surface area contributed by atoms with Gasteiger partial charge in [0.1, 0.15) is 22.8 Å². The smallest absolute Gasteiger partial charge is 0.274 e. The van der Waals surface area contributed by atoms with Crippen molar-refractivity contribution in [2.24, 2.45) is 0 Å². The van der Waals surface area contributed by atoms with Gasteiger partial charge in [0, 0.05) is 12.3 Å². The minimum atomic E-state index is -0.245. The van der Waals surface area contributed by atoms with E-state index in [0.29, 0.717) is 41.8 Å². The van der Waals surface area contributed by atoms with E-state index in [1.807, 2.05) is 51.2 Å². The molecule has 0 saturated carbocycles. The van der Waals surface area contributed by atoms with E-state index in [-0.39, 0.29) is 5.91 Å². The molecule has 0 aliphatic rings. The molecule has 130 valence electrons. The largest absolute Gasteiger partial charge is 0.494 e. The second-order valence-electron chi connectivity index (χ2n) is 5.45. The summed E-state index contributed by atoms with van der Waals surface area (Å²) in [6.07, 6.45) is 1.82. The highest BCUT2D eigenvalue weighted by Gasteiger charge is 2.18. The second-order valence-corrected chi connectivity index (χ2v) is 5.45. The Kier molecular flexibility index (Phi) is 4.88. The quantitative estimate of drug-likeness (QED) is 0.744. The van der Waals surface area contributed by atoms with Crippen LogP contribution in [0.1, 0.15) is 30.0 Å². The van der Waals surface area contributed by atoms with Crippen LogP contribution in [0.25, 0.3) is 5.65 Å². The summed E-state index contributed by atoms with van der Waals surface area (Å²) >= 11 is 0. The molecule has 6 nitrogen and oxygen atoms in total. The van der Waals surface area contributed by atoms with Gasteiger partial charge in [-0.05, 0) is 45.0 Å². The predicted octanol–water partition coefficient (Wildman–Crippen LogP) is 3.69. The number of ether oxygens (including phenoxy) is 2. The Balaban J connectivity index is 1.96. The van der Waals surface area contributed by atoms with Gasteiger partial charge in [0.05, 0.1) is 24.6 Å². The molecule has 1 aromatic carbocycles. The first-order valence-corrected chi connectivity index (χ1v) is 8.28. The van der Waals surface area contributed by atoms with Crippen LogP contribution in [-0.2, 0) is 0 Å². The number of benzene rings is 1. The summed E-state index contributed by atoms with van der Waals surface area (Å²) < 4.78 is 12.9. The van der Waals surface area contributed by atoms with Crippen molar-refractivity contribution in [3.63, 3.8) is 0 Å². The topological polar surface area (TPSA) is 64.9 Å². The fourth-order valence-electron chi connectivity index (χ4n) is 2.71. The normalized spacial score (nSPS) is 10.7. The third kappa shape index (κ3) is 3.42. The fraction of sp³-hybridized carbons (Fsp3) is 0.263. The van der Waals surface area contributed by atoms with Gasteiger partial charge < -0.3 is 14.8 Å². The highest BCUT2D eigenvalue weighted by molar-refractivity contribution is 6.05. The Morgan fingerprint density at radius 3 is 2.72 bits per heavy atom. The average molecular weight is 339 g/mol. The number of anilines is 1. The van der Waals surface area contributed by atoms with Gasteiger partial charge in [-0.2, -0.15) is 0 Å². The van der Waals surface area contributed by atoms with E-state index < -0.39 is 0 Å². The third-order valence-electron chi connectivity index (χ3n) is 3.73. The number of carbonyl (C=O) groups is 1. The maximum absolute atomic E-state index is 12.9. The van der Waals surface area contributed by atoms with Gasteiger partial charge >= 0.3 is 0 Å². The van der Waals surface area contributed by atoms with Gasteiger partial charge in [-0.25, -0.2) is 4.98 Å². The highest BCUT2D eigenvalue weighted by Crippen LogP contribution is 2.30. The molecule has 25 heavy (non-hydrogen) atoms. The first-order chi connectivity index (χ1) is 12.1. The number of pyridine rings is 1. The number of carbonyl (C=O) groups excluding carboxylic acids is 1. The molecule has 2 heterocycles. The number of nitrogens with zero attached hydrogens (tertiary/aromatic N) is 2. The number of hydrogen-bond acceptors (Lipinski definition) is 4. The van der Waals surface area contributed by atoms with Gasteiger partial charge in [-0.1, -0.05) is 6.07 Å². The summed E-state index contributed by atoms with van der Waals surface area (Å²) in [7, 11) is 0. The van der Waals surface area contributed by atoms with Crippen LogP contribution in [-0.4, -0.2) is 28.5 Å². The molecule has 0 aliphatic heterocycles. The summed E-state index contributed by atoms with van der Waals surface area (Å²) in [6, 6.07) is 11.0. The van der Waals surface area contributed by atoms with Crippen molar-refractivity contribution in [3.05, 3.63) is 54.0 Å². The van der Waals surface area contributed by atoms with Crippen LogP contribution in [0.2, 0.25) is 0 Å². The van der Waals surface area contributed by atoms with E-state index in [9.17, 15) is 4.79 Å². The summed E-state index contributed by atoms with van der Waals surface area (Å²) in [4.78, 5) is 17.3. The molecule has 6 heteroatoms. The zero-order valence-corrected chi connectivity index (χ0v) is 14.6. The average Bonchev–Trinajstić information content (AvgIpc) is 2.93.